The van der Waals surface area contributed by atoms with E-state index in [1.54, 1.807) is 18.3 Å². The first-order chi connectivity index (χ1) is 13.5. The van der Waals surface area contributed by atoms with E-state index in [9.17, 15) is 4.39 Å². The van der Waals surface area contributed by atoms with Crippen LogP contribution in [0.15, 0.2) is 60.8 Å². The predicted molar refractivity (Wildman–Crippen MR) is 110 cm³/mol. The zero-order chi connectivity index (χ0) is 19.7. The molecule has 142 valence electrons. The molecular weight excluding hydrogens is 351 g/mol. The highest BCUT2D eigenvalue weighted by Gasteiger charge is 2.17. The molecule has 0 aliphatic rings. The third-order valence-corrected chi connectivity index (χ3v) is 5.19. The predicted octanol–water partition coefficient (Wildman–Crippen LogP) is 5.73. The monoisotopic (exact) mass is 374 g/mol. The number of fused-ring (bicyclic) bond motifs is 1. The average molecular weight is 374 g/mol. The van der Waals surface area contributed by atoms with Gasteiger partial charge in [0, 0.05) is 24.5 Å². The molecule has 0 unspecified atom stereocenters. The second kappa shape index (κ2) is 7.47. The minimum absolute atomic E-state index is 0.242. The van der Waals surface area contributed by atoms with Crippen LogP contribution in [-0.2, 0) is 13.2 Å². The zero-order valence-electron chi connectivity index (χ0n) is 16.4. The molecule has 0 saturated heterocycles. The van der Waals surface area contributed by atoms with Crippen LogP contribution in [0.1, 0.15) is 27.9 Å². The normalized spacial score (nSPS) is 11.1. The minimum atomic E-state index is -0.242. The first kappa shape index (κ1) is 18.2. The Labute approximate surface area is 164 Å². The summed E-state index contributed by atoms with van der Waals surface area (Å²) < 4.78 is 21.5. The van der Waals surface area contributed by atoms with Gasteiger partial charge >= 0.3 is 0 Å². The summed E-state index contributed by atoms with van der Waals surface area (Å²) in [5, 5.41) is 0. The van der Waals surface area contributed by atoms with E-state index in [0.29, 0.717) is 6.61 Å². The molecule has 0 fully saturated rings. The first-order valence-corrected chi connectivity index (χ1v) is 9.40. The molecule has 28 heavy (non-hydrogen) atoms. The molecule has 2 heterocycles. The van der Waals surface area contributed by atoms with Crippen molar-refractivity contribution in [2.75, 3.05) is 0 Å². The van der Waals surface area contributed by atoms with Crippen LogP contribution in [0, 0.1) is 26.6 Å². The molecule has 0 aliphatic carbocycles. The third-order valence-electron chi connectivity index (χ3n) is 5.19. The number of pyridine rings is 1. The lowest BCUT2D eigenvalue weighted by Gasteiger charge is -2.13. The van der Waals surface area contributed by atoms with Crippen LogP contribution >= 0.6 is 0 Å². The number of benzene rings is 2. The highest BCUT2D eigenvalue weighted by atomic mass is 19.1. The summed E-state index contributed by atoms with van der Waals surface area (Å²) in [5.41, 5.74) is 7.72. The maximum atomic E-state index is 13.1. The molecule has 0 radical (unpaired) electrons. The summed E-state index contributed by atoms with van der Waals surface area (Å²) >= 11 is 0. The molecule has 2 aromatic heterocycles. The van der Waals surface area contributed by atoms with Gasteiger partial charge in [-0.2, -0.15) is 0 Å². The van der Waals surface area contributed by atoms with Crippen molar-refractivity contribution in [2.24, 2.45) is 0 Å². The van der Waals surface area contributed by atoms with E-state index < -0.39 is 0 Å². The van der Waals surface area contributed by atoms with Gasteiger partial charge in [0.2, 0.25) is 0 Å². The molecule has 0 amide bonds. The maximum absolute atomic E-state index is 13.1. The average Bonchev–Trinajstić information content (AvgIpc) is 2.93. The molecule has 2 aromatic carbocycles. The Morgan fingerprint density at radius 3 is 2.50 bits per heavy atom. The SMILES string of the molecule is Cc1cccc(Cn2c(C)c(C)c3nccc(OCc4ccc(F)cc4)c32)c1. The summed E-state index contributed by atoms with van der Waals surface area (Å²) in [5.74, 6) is 0.548. The van der Waals surface area contributed by atoms with Crippen LogP contribution in [0.2, 0.25) is 0 Å². The van der Waals surface area contributed by atoms with Crippen molar-refractivity contribution < 1.29 is 9.13 Å². The first-order valence-electron chi connectivity index (χ1n) is 9.40. The van der Waals surface area contributed by atoms with E-state index in [-0.39, 0.29) is 5.82 Å². The fourth-order valence-electron chi connectivity index (χ4n) is 3.56. The molecule has 4 aromatic rings. The van der Waals surface area contributed by atoms with Gasteiger partial charge in [0.25, 0.3) is 0 Å². The van der Waals surface area contributed by atoms with Gasteiger partial charge < -0.3 is 9.30 Å². The van der Waals surface area contributed by atoms with Gasteiger partial charge in [-0.1, -0.05) is 42.0 Å². The van der Waals surface area contributed by atoms with Gasteiger partial charge in [-0.05, 0) is 49.6 Å². The van der Waals surface area contributed by atoms with Crippen molar-refractivity contribution in [1.82, 2.24) is 9.55 Å². The van der Waals surface area contributed by atoms with Gasteiger partial charge in [0.05, 0.1) is 5.52 Å². The number of aryl methyl sites for hydroxylation is 2. The van der Waals surface area contributed by atoms with Gasteiger partial charge in [-0.15, -0.1) is 0 Å². The topological polar surface area (TPSA) is 27.1 Å². The van der Waals surface area contributed by atoms with Crippen molar-refractivity contribution >= 4 is 11.0 Å². The molecule has 0 N–H and O–H groups in total. The minimum Gasteiger partial charge on any atom is -0.487 e. The summed E-state index contributed by atoms with van der Waals surface area (Å²) in [6, 6.07) is 16.8. The Kier molecular flexibility index (Phi) is 4.86. The molecule has 0 bridgehead atoms. The van der Waals surface area contributed by atoms with E-state index in [4.69, 9.17) is 4.74 Å². The van der Waals surface area contributed by atoms with Gasteiger partial charge in [0.1, 0.15) is 23.7 Å². The second-order valence-corrected chi connectivity index (χ2v) is 7.21. The Balaban J connectivity index is 1.72. The number of ether oxygens (including phenoxy) is 1. The van der Waals surface area contributed by atoms with Crippen LogP contribution in [0.4, 0.5) is 4.39 Å². The third kappa shape index (κ3) is 3.50. The zero-order valence-corrected chi connectivity index (χ0v) is 16.4. The number of nitrogens with zero attached hydrogens (tertiary/aromatic N) is 2. The van der Waals surface area contributed by atoms with E-state index in [0.717, 1.165) is 34.5 Å². The largest absolute Gasteiger partial charge is 0.487 e. The lowest BCUT2D eigenvalue weighted by Crippen LogP contribution is -2.04. The summed E-state index contributed by atoms with van der Waals surface area (Å²) in [7, 11) is 0. The molecule has 0 spiro atoms. The van der Waals surface area contributed by atoms with Crippen molar-refractivity contribution in [3.63, 3.8) is 0 Å². The lowest BCUT2D eigenvalue weighted by molar-refractivity contribution is 0.308. The molecule has 0 saturated carbocycles. The number of rotatable bonds is 5. The summed E-state index contributed by atoms with van der Waals surface area (Å²) in [6.07, 6.45) is 1.78. The molecule has 3 nitrogen and oxygen atoms in total. The van der Waals surface area contributed by atoms with Gasteiger partial charge in [-0.25, -0.2) is 4.39 Å². The molecule has 4 heteroatoms. The van der Waals surface area contributed by atoms with Crippen molar-refractivity contribution in [2.45, 2.75) is 33.9 Å². The van der Waals surface area contributed by atoms with E-state index in [1.807, 2.05) is 6.07 Å². The van der Waals surface area contributed by atoms with E-state index in [1.165, 1.54) is 29.0 Å². The quantitative estimate of drug-likeness (QED) is 0.446. The van der Waals surface area contributed by atoms with Crippen LogP contribution in [0.5, 0.6) is 5.75 Å². The van der Waals surface area contributed by atoms with Crippen molar-refractivity contribution in [3.8, 4) is 5.75 Å². The number of halogens is 1. The Hall–Kier alpha value is -3.14. The number of aromatic nitrogens is 2. The molecule has 4 rings (SSSR count). The van der Waals surface area contributed by atoms with E-state index >= 15 is 0 Å². The van der Waals surface area contributed by atoms with E-state index in [2.05, 4.69) is 54.6 Å². The Morgan fingerprint density at radius 1 is 0.964 bits per heavy atom. The molecule has 0 aliphatic heterocycles. The van der Waals surface area contributed by atoms with Gasteiger partial charge in [-0.3, -0.25) is 4.98 Å². The van der Waals surface area contributed by atoms with Crippen LogP contribution < -0.4 is 4.74 Å². The van der Waals surface area contributed by atoms with Crippen molar-refractivity contribution in [1.29, 1.82) is 0 Å². The standard InChI is InChI=1S/C24H23FN2O/c1-16-5-4-6-20(13-16)14-27-18(3)17(2)23-24(27)22(11-12-26-23)28-15-19-7-9-21(25)10-8-19/h4-13H,14-15H2,1-3H3. The van der Waals surface area contributed by atoms with Crippen molar-refractivity contribution in [3.05, 3.63) is 94.6 Å². The lowest BCUT2D eigenvalue weighted by atomic mass is 10.1. The fraction of sp³-hybridized carbons (Fsp3) is 0.208. The molecular formula is C24H23FN2O. The number of hydrogen-bond donors (Lipinski definition) is 0. The van der Waals surface area contributed by atoms with Crippen LogP contribution in [0.25, 0.3) is 11.0 Å². The smallest absolute Gasteiger partial charge is 0.147 e. The fourth-order valence-corrected chi connectivity index (χ4v) is 3.56. The summed E-state index contributed by atoms with van der Waals surface area (Å²) in [4.78, 5) is 4.60. The van der Waals surface area contributed by atoms with Crippen LogP contribution in [-0.4, -0.2) is 9.55 Å². The van der Waals surface area contributed by atoms with Crippen LogP contribution in [0.3, 0.4) is 0 Å². The summed E-state index contributed by atoms with van der Waals surface area (Å²) in [6.45, 7) is 7.47. The number of hydrogen-bond acceptors (Lipinski definition) is 2. The maximum Gasteiger partial charge on any atom is 0.147 e. The highest BCUT2D eigenvalue weighted by molar-refractivity contribution is 5.86. The van der Waals surface area contributed by atoms with Gasteiger partial charge in [0.15, 0.2) is 0 Å². The Morgan fingerprint density at radius 2 is 1.75 bits per heavy atom. The Bertz CT molecular complexity index is 1130. The molecule has 0 atom stereocenters. The second-order valence-electron chi connectivity index (χ2n) is 7.21. The highest BCUT2D eigenvalue weighted by Crippen LogP contribution is 2.32.